The summed E-state index contributed by atoms with van der Waals surface area (Å²) in [5, 5.41) is 10.2. The number of benzene rings is 1. The Morgan fingerprint density at radius 2 is 1.90 bits per heavy atom. The zero-order valence-electron chi connectivity index (χ0n) is 11.9. The molecule has 1 heterocycles. The Kier molecular flexibility index (Phi) is 4.75. The Bertz CT molecular complexity index is 658. The molecule has 5 heteroatoms. The van der Waals surface area contributed by atoms with Crippen molar-refractivity contribution in [1.82, 2.24) is 0 Å². The maximum atomic E-state index is 12.2. The number of carbonyl (C=O) groups is 2. The first-order valence-electron chi connectivity index (χ1n) is 6.61. The molecule has 0 aliphatic carbocycles. The van der Waals surface area contributed by atoms with Gasteiger partial charge in [0.25, 0.3) is 0 Å². The topological polar surface area (TPSA) is 63.6 Å². The first-order valence-corrected chi connectivity index (χ1v) is 7.42. The standard InChI is InChI=1S/C16H16O4S/c1-3-20-16(19)14-10(2)21-13(15(14)18)9-12(17)11-7-5-4-6-8-11/h4-8,18H,3,9H2,1-2H3. The molecule has 110 valence electrons. The number of esters is 1. The number of hydrogen-bond donors (Lipinski definition) is 1. The van der Waals surface area contributed by atoms with Crippen molar-refractivity contribution < 1.29 is 19.4 Å². The molecule has 0 bridgehead atoms. The van der Waals surface area contributed by atoms with Crippen LogP contribution in [-0.2, 0) is 11.2 Å². The summed E-state index contributed by atoms with van der Waals surface area (Å²) in [5.41, 5.74) is 0.748. The molecule has 0 saturated carbocycles. The zero-order valence-corrected chi connectivity index (χ0v) is 12.7. The molecule has 21 heavy (non-hydrogen) atoms. The fraction of sp³-hybridized carbons (Fsp3) is 0.250. The van der Waals surface area contributed by atoms with Gasteiger partial charge in [0.05, 0.1) is 11.5 Å². The molecule has 2 aromatic rings. The van der Waals surface area contributed by atoms with E-state index < -0.39 is 5.97 Å². The van der Waals surface area contributed by atoms with E-state index in [9.17, 15) is 14.7 Å². The Balaban J connectivity index is 2.24. The van der Waals surface area contributed by atoms with Gasteiger partial charge in [0.2, 0.25) is 0 Å². The smallest absolute Gasteiger partial charge is 0.343 e. The molecule has 2 rings (SSSR count). The molecule has 1 aromatic heterocycles. The molecule has 0 aliphatic heterocycles. The van der Waals surface area contributed by atoms with Crippen LogP contribution in [0.5, 0.6) is 5.75 Å². The normalized spacial score (nSPS) is 10.4. The van der Waals surface area contributed by atoms with Crippen LogP contribution < -0.4 is 0 Å². The van der Waals surface area contributed by atoms with Crippen molar-refractivity contribution in [3.05, 3.63) is 51.2 Å². The fourth-order valence-electron chi connectivity index (χ4n) is 2.03. The number of Topliss-reactive ketones (excluding diaryl/α,β-unsaturated/α-hetero) is 1. The third kappa shape index (κ3) is 3.31. The molecule has 0 spiro atoms. The number of aryl methyl sites for hydroxylation is 1. The fourth-order valence-corrected chi connectivity index (χ4v) is 3.08. The highest BCUT2D eigenvalue weighted by Gasteiger charge is 2.23. The molecule has 0 fully saturated rings. The number of carbonyl (C=O) groups excluding carboxylic acids is 2. The van der Waals surface area contributed by atoms with Crippen LogP contribution in [0.15, 0.2) is 30.3 Å². The van der Waals surface area contributed by atoms with E-state index in [1.807, 2.05) is 6.07 Å². The summed E-state index contributed by atoms with van der Waals surface area (Å²) in [5.74, 6) is -0.787. The van der Waals surface area contributed by atoms with Crippen LogP contribution in [0.1, 0.15) is 37.4 Å². The molecule has 4 nitrogen and oxygen atoms in total. The van der Waals surface area contributed by atoms with Gasteiger partial charge in [-0.25, -0.2) is 4.79 Å². The van der Waals surface area contributed by atoms with Crippen LogP contribution in [0.4, 0.5) is 0 Å². The number of hydrogen-bond acceptors (Lipinski definition) is 5. The van der Waals surface area contributed by atoms with E-state index >= 15 is 0 Å². The van der Waals surface area contributed by atoms with Crippen molar-refractivity contribution in [3.8, 4) is 5.75 Å². The van der Waals surface area contributed by atoms with E-state index in [2.05, 4.69) is 0 Å². The average Bonchev–Trinajstić information content (AvgIpc) is 2.74. The first kappa shape index (κ1) is 15.3. The maximum absolute atomic E-state index is 12.2. The van der Waals surface area contributed by atoms with Crippen LogP contribution in [0, 0.1) is 6.92 Å². The van der Waals surface area contributed by atoms with Gasteiger partial charge < -0.3 is 9.84 Å². The van der Waals surface area contributed by atoms with Crippen LogP contribution in [-0.4, -0.2) is 23.5 Å². The SMILES string of the molecule is CCOC(=O)c1c(C)sc(CC(=O)c2ccccc2)c1O. The van der Waals surface area contributed by atoms with E-state index in [1.165, 1.54) is 11.3 Å². The molecule has 1 N–H and O–H groups in total. The van der Waals surface area contributed by atoms with Gasteiger partial charge in [-0.05, 0) is 13.8 Å². The van der Waals surface area contributed by atoms with E-state index in [1.54, 1.807) is 38.1 Å². The number of ether oxygens (including phenoxy) is 1. The van der Waals surface area contributed by atoms with Crippen molar-refractivity contribution >= 4 is 23.1 Å². The number of aromatic hydroxyl groups is 1. The minimum absolute atomic E-state index is 0.0702. The second-order valence-electron chi connectivity index (χ2n) is 4.49. The van der Waals surface area contributed by atoms with Gasteiger partial charge in [0.1, 0.15) is 11.3 Å². The number of thiophene rings is 1. The van der Waals surface area contributed by atoms with E-state index in [0.29, 0.717) is 15.3 Å². The third-order valence-electron chi connectivity index (χ3n) is 3.03. The molecule has 0 aliphatic rings. The molecule has 0 amide bonds. The van der Waals surface area contributed by atoms with Gasteiger partial charge in [0.15, 0.2) is 5.78 Å². The highest BCUT2D eigenvalue weighted by atomic mass is 32.1. The summed E-state index contributed by atoms with van der Waals surface area (Å²) in [4.78, 5) is 25.1. The Morgan fingerprint density at radius 1 is 1.24 bits per heavy atom. The minimum Gasteiger partial charge on any atom is -0.506 e. The van der Waals surface area contributed by atoms with E-state index in [4.69, 9.17) is 4.74 Å². The second kappa shape index (κ2) is 6.54. The molecular weight excluding hydrogens is 288 g/mol. The van der Waals surface area contributed by atoms with Gasteiger partial charge >= 0.3 is 5.97 Å². The largest absolute Gasteiger partial charge is 0.506 e. The summed E-state index contributed by atoms with van der Waals surface area (Å²) in [6.07, 6.45) is 0.0702. The van der Waals surface area contributed by atoms with Crippen LogP contribution in [0.25, 0.3) is 0 Å². The number of rotatable bonds is 5. The van der Waals surface area contributed by atoms with Crippen molar-refractivity contribution in [2.75, 3.05) is 6.61 Å². The zero-order chi connectivity index (χ0) is 15.4. The van der Waals surface area contributed by atoms with Crippen LogP contribution in [0.2, 0.25) is 0 Å². The Morgan fingerprint density at radius 3 is 2.52 bits per heavy atom. The summed E-state index contributed by atoms with van der Waals surface area (Å²) in [7, 11) is 0. The molecule has 0 saturated heterocycles. The lowest BCUT2D eigenvalue weighted by molar-refractivity contribution is 0.0522. The van der Waals surface area contributed by atoms with Crippen molar-refractivity contribution in [2.45, 2.75) is 20.3 Å². The molecule has 0 unspecified atom stereocenters. The third-order valence-corrected chi connectivity index (χ3v) is 4.12. The monoisotopic (exact) mass is 304 g/mol. The number of ketones is 1. The predicted molar refractivity (Wildman–Crippen MR) is 81.2 cm³/mol. The van der Waals surface area contributed by atoms with Gasteiger partial charge in [-0.3, -0.25) is 4.79 Å². The van der Waals surface area contributed by atoms with Gasteiger partial charge in [-0.1, -0.05) is 30.3 Å². The van der Waals surface area contributed by atoms with Gasteiger partial charge in [-0.2, -0.15) is 0 Å². The summed E-state index contributed by atoms with van der Waals surface area (Å²) >= 11 is 1.25. The van der Waals surface area contributed by atoms with Gasteiger partial charge in [-0.15, -0.1) is 11.3 Å². The van der Waals surface area contributed by atoms with Crippen LogP contribution in [0.3, 0.4) is 0 Å². The molecule has 1 aromatic carbocycles. The summed E-state index contributed by atoms with van der Waals surface area (Å²) in [6.45, 7) is 3.68. The predicted octanol–water partition coefficient (Wildman–Crippen LogP) is 3.36. The van der Waals surface area contributed by atoms with Crippen molar-refractivity contribution in [3.63, 3.8) is 0 Å². The van der Waals surface area contributed by atoms with E-state index in [0.717, 1.165) is 0 Å². The average molecular weight is 304 g/mol. The first-order chi connectivity index (χ1) is 10.0. The lowest BCUT2D eigenvalue weighted by Crippen LogP contribution is -2.05. The second-order valence-corrected chi connectivity index (χ2v) is 5.80. The summed E-state index contributed by atoms with van der Waals surface area (Å²) < 4.78 is 4.92. The highest BCUT2D eigenvalue weighted by Crippen LogP contribution is 2.35. The Labute approximate surface area is 127 Å². The molecule has 0 atom stereocenters. The lowest BCUT2D eigenvalue weighted by Gasteiger charge is -2.02. The molecule has 0 radical (unpaired) electrons. The molecular formula is C16H16O4S. The van der Waals surface area contributed by atoms with Crippen LogP contribution >= 0.6 is 11.3 Å². The lowest BCUT2D eigenvalue weighted by atomic mass is 10.1. The van der Waals surface area contributed by atoms with Crippen molar-refractivity contribution in [1.29, 1.82) is 0 Å². The minimum atomic E-state index is -0.554. The van der Waals surface area contributed by atoms with Crippen molar-refractivity contribution in [2.24, 2.45) is 0 Å². The maximum Gasteiger partial charge on any atom is 0.343 e. The Hall–Kier alpha value is -2.14. The van der Waals surface area contributed by atoms with Gasteiger partial charge in [0, 0.05) is 16.9 Å². The summed E-state index contributed by atoms with van der Waals surface area (Å²) in [6, 6.07) is 8.87. The quantitative estimate of drug-likeness (QED) is 0.679. The highest BCUT2D eigenvalue weighted by molar-refractivity contribution is 7.12. The van der Waals surface area contributed by atoms with E-state index in [-0.39, 0.29) is 30.1 Å².